The first kappa shape index (κ1) is 15.5. The summed E-state index contributed by atoms with van der Waals surface area (Å²) in [5, 5.41) is 5.96. The molecule has 0 saturated heterocycles. The van der Waals surface area contributed by atoms with E-state index in [-0.39, 0.29) is 11.9 Å². The van der Waals surface area contributed by atoms with Gasteiger partial charge in [-0.2, -0.15) is 0 Å². The Labute approximate surface area is 129 Å². The molecular formula is C16H20N2O2S. The summed E-state index contributed by atoms with van der Waals surface area (Å²) >= 11 is 1.57. The molecule has 5 heteroatoms. The van der Waals surface area contributed by atoms with Crippen molar-refractivity contribution in [2.45, 2.75) is 26.3 Å². The van der Waals surface area contributed by atoms with Gasteiger partial charge in [-0.15, -0.1) is 11.3 Å². The Hall–Kier alpha value is -1.88. The molecular weight excluding hydrogens is 284 g/mol. The first-order chi connectivity index (χ1) is 10.1. The number of aromatic nitrogens is 1. The highest BCUT2D eigenvalue weighted by molar-refractivity contribution is 7.09. The lowest BCUT2D eigenvalue weighted by Crippen LogP contribution is -2.29. The zero-order valence-corrected chi connectivity index (χ0v) is 13.3. The van der Waals surface area contributed by atoms with Crippen LogP contribution in [0.15, 0.2) is 35.8 Å². The highest BCUT2D eigenvalue weighted by atomic mass is 32.1. The number of benzene rings is 1. The lowest BCUT2D eigenvalue weighted by molar-refractivity contribution is 0.0932. The second kappa shape index (κ2) is 7.22. The molecule has 1 unspecified atom stereocenters. The molecule has 2 aromatic rings. The summed E-state index contributed by atoms with van der Waals surface area (Å²) in [4.78, 5) is 16.7. The molecule has 1 heterocycles. The van der Waals surface area contributed by atoms with Crippen LogP contribution < -0.4 is 10.1 Å². The molecule has 1 aromatic heterocycles. The summed E-state index contributed by atoms with van der Waals surface area (Å²) in [6, 6.07) is 7.07. The summed E-state index contributed by atoms with van der Waals surface area (Å²) < 4.78 is 5.10. The fraction of sp³-hybridized carbons (Fsp3) is 0.375. The molecule has 0 aliphatic heterocycles. The topological polar surface area (TPSA) is 51.2 Å². The monoisotopic (exact) mass is 304 g/mol. The molecule has 0 aliphatic rings. The minimum atomic E-state index is -0.0847. The molecule has 0 bridgehead atoms. The molecule has 112 valence electrons. The van der Waals surface area contributed by atoms with Crippen LogP contribution >= 0.6 is 11.3 Å². The van der Waals surface area contributed by atoms with Crippen LogP contribution in [0.4, 0.5) is 0 Å². The third kappa shape index (κ3) is 4.29. The van der Waals surface area contributed by atoms with Crippen LogP contribution in [-0.2, 0) is 0 Å². The van der Waals surface area contributed by atoms with Gasteiger partial charge in [0.15, 0.2) is 0 Å². The number of amides is 1. The number of nitrogens with zero attached hydrogens (tertiary/aromatic N) is 1. The summed E-state index contributed by atoms with van der Waals surface area (Å²) in [5.41, 5.74) is 0.626. The quantitative estimate of drug-likeness (QED) is 0.886. The van der Waals surface area contributed by atoms with Gasteiger partial charge in [0.25, 0.3) is 5.91 Å². The van der Waals surface area contributed by atoms with Gasteiger partial charge in [0, 0.05) is 17.1 Å². The van der Waals surface area contributed by atoms with E-state index in [0.29, 0.717) is 11.5 Å². The van der Waals surface area contributed by atoms with Crippen molar-refractivity contribution in [1.29, 1.82) is 0 Å². The van der Waals surface area contributed by atoms with E-state index in [9.17, 15) is 4.79 Å². The first-order valence-electron chi connectivity index (χ1n) is 6.94. The maximum Gasteiger partial charge on any atom is 0.251 e. The van der Waals surface area contributed by atoms with Crippen molar-refractivity contribution < 1.29 is 9.53 Å². The van der Waals surface area contributed by atoms with Crippen molar-refractivity contribution in [2.24, 2.45) is 5.92 Å². The molecule has 21 heavy (non-hydrogen) atoms. The molecule has 2 rings (SSSR count). The second-order valence-corrected chi connectivity index (χ2v) is 6.18. The van der Waals surface area contributed by atoms with Crippen LogP contribution in [0.25, 0.3) is 0 Å². The number of nitrogens with one attached hydrogen (secondary N) is 1. The zero-order chi connectivity index (χ0) is 15.2. The molecule has 0 radical (unpaired) electrons. The summed E-state index contributed by atoms with van der Waals surface area (Å²) in [6.45, 7) is 4.28. The van der Waals surface area contributed by atoms with E-state index in [1.165, 1.54) is 0 Å². The Morgan fingerprint density at radius 2 is 2.05 bits per heavy atom. The van der Waals surface area contributed by atoms with E-state index in [1.807, 2.05) is 5.38 Å². The molecule has 0 spiro atoms. The van der Waals surface area contributed by atoms with Gasteiger partial charge in [0.05, 0.1) is 13.2 Å². The van der Waals surface area contributed by atoms with E-state index < -0.39 is 0 Å². The van der Waals surface area contributed by atoms with Crippen LogP contribution in [0, 0.1) is 5.92 Å². The molecule has 1 N–H and O–H groups in total. The Morgan fingerprint density at radius 3 is 2.57 bits per heavy atom. The van der Waals surface area contributed by atoms with E-state index in [4.69, 9.17) is 4.74 Å². The van der Waals surface area contributed by atoms with Gasteiger partial charge in [0.2, 0.25) is 0 Å². The van der Waals surface area contributed by atoms with Crippen LogP contribution in [-0.4, -0.2) is 18.0 Å². The van der Waals surface area contributed by atoms with E-state index in [1.54, 1.807) is 48.9 Å². The minimum absolute atomic E-state index is 0.0420. The molecule has 0 aliphatic carbocycles. The van der Waals surface area contributed by atoms with E-state index in [0.717, 1.165) is 17.2 Å². The molecule has 0 fully saturated rings. The average molecular weight is 304 g/mol. The number of methoxy groups -OCH3 is 1. The number of carbonyl (C=O) groups is 1. The highest BCUT2D eigenvalue weighted by Crippen LogP contribution is 2.23. The van der Waals surface area contributed by atoms with E-state index >= 15 is 0 Å². The predicted molar refractivity (Wildman–Crippen MR) is 84.8 cm³/mol. The number of rotatable bonds is 6. The average Bonchev–Trinajstić information content (AvgIpc) is 3.00. The Bertz CT molecular complexity index is 564. The standard InChI is InChI=1S/C16H20N2O2S/c1-11(2)10-14(16-17-8-9-21-16)18-15(19)12-4-6-13(20-3)7-5-12/h4-9,11,14H,10H2,1-3H3,(H,18,19). The zero-order valence-electron chi connectivity index (χ0n) is 12.5. The Kier molecular flexibility index (Phi) is 5.33. The van der Waals surface area contributed by atoms with Crippen LogP contribution in [0.2, 0.25) is 0 Å². The van der Waals surface area contributed by atoms with Crippen molar-refractivity contribution in [1.82, 2.24) is 10.3 Å². The third-order valence-corrected chi connectivity index (χ3v) is 4.00. The number of carbonyl (C=O) groups excluding carboxylic acids is 1. The van der Waals surface area contributed by atoms with Crippen LogP contribution in [0.5, 0.6) is 5.75 Å². The maximum absolute atomic E-state index is 12.4. The van der Waals surface area contributed by atoms with Crippen LogP contribution in [0.1, 0.15) is 41.7 Å². The first-order valence-corrected chi connectivity index (χ1v) is 7.82. The van der Waals surface area contributed by atoms with E-state index in [2.05, 4.69) is 24.1 Å². The Morgan fingerprint density at radius 1 is 1.33 bits per heavy atom. The van der Waals surface area contributed by atoms with Gasteiger partial charge in [-0.25, -0.2) is 4.98 Å². The van der Waals surface area contributed by atoms with Crippen molar-refractivity contribution in [3.63, 3.8) is 0 Å². The van der Waals surface area contributed by atoms with Gasteiger partial charge in [0.1, 0.15) is 10.8 Å². The fourth-order valence-corrected chi connectivity index (χ4v) is 2.79. The lowest BCUT2D eigenvalue weighted by Gasteiger charge is -2.18. The second-order valence-electron chi connectivity index (χ2n) is 5.25. The summed E-state index contributed by atoms with van der Waals surface area (Å²) in [7, 11) is 1.61. The van der Waals surface area contributed by atoms with Gasteiger partial charge in [-0.3, -0.25) is 4.79 Å². The SMILES string of the molecule is COc1ccc(C(=O)NC(CC(C)C)c2nccs2)cc1. The van der Waals surface area contributed by atoms with Crippen molar-refractivity contribution in [3.8, 4) is 5.75 Å². The number of hydrogen-bond donors (Lipinski definition) is 1. The van der Waals surface area contributed by atoms with Crippen molar-refractivity contribution in [2.75, 3.05) is 7.11 Å². The predicted octanol–water partition coefficient (Wildman–Crippen LogP) is 3.67. The molecule has 0 saturated carbocycles. The van der Waals surface area contributed by atoms with Crippen LogP contribution in [0.3, 0.4) is 0 Å². The fourth-order valence-electron chi connectivity index (χ4n) is 2.08. The van der Waals surface area contributed by atoms with Crippen molar-refractivity contribution in [3.05, 3.63) is 46.4 Å². The molecule has 1 atom stereocenters. The Balaban J connectivity index is 2.10. The summed E-state index contributed by atoms with van der Waals surface area (Å²) in [5.74, 6) is 1.14. The number of thiazole rings is 1. The smallest absolute Gasteiger partial charge is 0.251 e. The molecule has 1 aromatic carbocycles. The van der Waals surface area contributed by atoms with Gasteiger partial charge in [-0.1, -0.05) is 13.8 Å². The number of ether oxygens (including phenoxy) is 1. The normalized spacial score (nSPS) is 12.2. The molecule has 1 amide bonds. The van der Waals surface area contributed by atoms with Gasteiger partial charge < -0.3 is 10.1 Å². The summed E-state index contributed by atoms with van der Waals surface area (Å²) in [6.07, 6.45) is 2.64. The van der Waals surface area contributed by atoms with Gasteiger partial charge >= 0.3 is 0 Å². The minimum Gasteiger partial charge on any atom is -0.497 e. The highest BCUT2D eigenvalue weighted by Gasteiger charge is 2.19. The van der Waals surface area contributed by atoms with Gasteiger partial charge in [-0.05, 0) is 36.6 Å². The number of hydrogen-bond acceptors (Lipinski definition) is 4. The molecule has 4 nitrogen and oxygen atoms in total. The van der Waals surface area contributed by atoms with Crippen molar-refractivity contribution >= 4 is 17.2 Å². The maximum atomic E-state index is 12.4. The third-order valence-electron chi connectivity index (χ3n) is 3.11. The largest absolute Gasteiger partial charge is 0.497 e. The lowest BCUT2D eigenvalue weighted by atomic mass is 10.0.